The lowest BCUT2D eigenvalue weighted by Gasteiger charge is -2.08. The van der Waals surface area contributed by atoms with Gasteiger partial charge in [0.05, 0.1) is 28.6 Å². The Labute approximate surface area is 142 Å². The van der Waals surface area contributed by atoms with Crippen LogP contribution >= 0.6 is 0 Å². The van der Waals surface area contributed by atoms with Gasteiger partial charge in [-0.2, -0.15) is 5.10 Å². The maximum absolute atomic E-state index is 13.9. The van der Waals surface area contributed by atoms with Gasteiger partial charge in [-0.1, -0.05) is 6.07 Å². The Hall–Kier alpha value is -2.75. The number of sulfone groups is 1. The molecule has 3 aromatic rings. The van der Waals surface area contributed by atoms with Crippen LogP contribution in [0.25, 0.3) is 22.3 Å². The summed E-state index contributed by atoms with van der Waals surface area (Å²) in [6.07, 6.45) is 1.74. The molecule has 0 aliphatic carbocycles. The van der Waals surface area contributed by atoms with Gasteiger partial charge in [0.2, 0.25) is 0 Å². The first-order valence-corrected chi connectivity index (χ1v) is 9.42. The molecule has 0 radical (unpaired) electrons. The molecule has 25 heavy (non-hydrogen) atoms. The molecule has 130 valence electrons. The van der Waals surface area contributed by atoms with E-state index >= 15 is 0 Å². The molecule has 4 rings (SSSR count). The van der Waals surface area contributed by atoms with Gasteiger partial charge in [0.15, 0.2) is 15.5 Å². The van der Waals surface area contributed by atoms with E-state index in [2.05, 4.69) is 15.1 Å². The third-order valence-corrected chi connectivity index (χ3v) is 6.10. The molecular weight excluding hydrogens is 347 g/mol. The fraction of sp³-hybridized carbons (Fsp3) is 0.267. The molecule has 4 N–H and O–H groups in total. The van der Waals surface area contributed by atoms with Crippen LogP contribution < -0.4 is 11.5 Å². The lowest BCUT2D eigenvalue weighted by molar-refractivity contribution is 0.513. The summed E-state index contributed by atoms with van der Waals surface area (Å²) in [6.45, 7) is 0. The Balaban J connectivity index is 1.95. The second-order valence-electron chi connectivity index (χ2n) is 6.04. The predicted octanol–water partition coefficient (Wildman–Crippen LogP) is 1.16. The molecule has 1 aliphatic heterocycles. The SMILES string of the molecule is Nc1ccc(-c2nn(C3CCS(=O)(=O)C3)c3ncnc(N)c23)cc1F. The molecule has 2 aromatic heterocycles. The van der Waals surface area contributed by atoms with Gasteiger partial charge in [-0.3, -0.25) is 0 Å². The highest BCUT2D eigenvalue weighted by atomic mass is 32.2. The van der Waals surface area contributed by atoms with Gasteiger partial charge >= 0.3 is 0 Å². The molecule has 1 aromatic carbocycles. The number of benzene rings is 1. The highest BCUT2D eigenvalue weighted by Gasteiger charge is 2.32. The zero-order valence-electron chi connectivity index (χ0n) is 13.1. The topological polar surface area (TPSA) is 130 Å². The molecule has 1 aliphatic rings. The molecule has 0 amide bonds. The van der Waals surface area contributed by atoms with Crippen molar-refractivity contribution in [3.8, 4) is 11.3 Å². The number of aromatic nitrogens is 4. The van der Waals surface area contributed by atoms with Gasteiger partial charge in [0.1, 0.15) is 23.7 Å². The lowest BCUT2D eigenvalue weighted by Crippen LogP contribution is -2.13. The number of halogens is 1. The second kappa shape index (κ2) is 5.38. The van der Waals surface area contributed by atoms with Crippen molar-refractivity contribution in [3.05, 3.63) is 30.3 Å². The van der Waals surface area contributed by atoms with Crippen LogP contribution in [0.15, 0.2) is 24.5 Å². The van der Waals surface area contributed by atoms with Gasteiger partial charge in [-0.15, -0.1) is 0 Å². The molecular formula is C15H15FN6O2S. The van der Waals surface area contributed by atoms with Crippen molar-refractivity contribution in [1.29, 1.82) is 0 Å². The summed E-state index contributed by atoms with van der Waals surface area (Å²) in [4.78, 5) is 8.20. The van der Waals surface area contributed by atoms with Crippen LogP contribution in [0.4, 0.5) is 15.9 Å². The van der Waals surface area contributed by atoms with E-state index in [-0.39, 0.29) is 29.1 Å². The van der Waals surface area contributed by atoms with Crippen LogP contribution in [-0.4, -0.2) is 39.7 Å². The minimum atomic E-state index is -3.10. The van der Waals surface area contributed by atoms with E-state index in [4.69, 9.17) is 11.5 Å². The van der Waals surface area contributed by atoms with Crippen LogP contribution in [0.2, 0.25) is 0 Å². The highest BCUT2D eigenvalue weighted by molar-refractivity contribution is 7.91. The molecule has 0 bridgehead atoms. The van der Waals surface area contributed by atoms with Crippen molar-refractivity contribution >= 4 is 32.4 Å². The van der Waals surface area contributed by atoms with Crippen molar-refractivity contribution in [2.75, 3.05) is 23.0 Å². The monoisotopic (exact) mass is 362 g/mol. The van der Waals surface area contributed by atoms with E-state index < -0.39 is 15.7 Å². The van der Waals surface area contributed by atoms with Gasteiger partial charge < -0.3 is 11.5 Å². The van der Waals surface area contributed by atoms with Gasteiger partial charge in [0, 0.05) is 5.56 Å². The first-order chi connectivity index (χ1) is 11.9. The minimum absolute atomic E-state index is 0.0107. The van der Waals surface area contributed by atoms with E-state index in [0.717, 1.165) is 0 Å². The van der Waals surface area contributed by atoms with E-state index in [9.17, 15) is 12.8 Å². The number of hydrogen-bond acceptors (Lipinski definition) is 7. The Kier molecular flexibility index (Phi) is 3.39. The Morgan fingerprint density at radius 3 is 2.72 bits per heavy atom. The fourth-order valence-electron chi connectivity index (χ4n) is 3.09. The Bertz CT molecular complexity index is 1090. The fourth-order valence-corrected chi connectivity index (χ4v) is 4.79. The Morgan fingerprint density at radius 1 is 1.24 bits per heavy atom. The highest BCUT2D eigenvalue weighted by Crippen LogP contribution is 2.34. The molecule has 1 atom stereocenters. The molecule has 0 spiro atoms. The minimum Gasteiger partial charge on any atom is -0.396 e. The van der Waals surface area contributed by atoms with Crippen LogP contribution in [-0.2, 0) is 9.84 Å². The smallest absolute Gasteiger partial charge is 0.164 e. The van der Waals surface area contributed by atoms with E-state index in [1.54, 1.807) is 10.7 Å². The average molecular weight is 362 g/mol. The predicted molar refractivity (Wildman–Crippen MR) is 91.8 cm³/mol. The third-order valence-electron chi connectivity index (χ3n) is 4.35. The summed E-state index contributed by atoms with van der Waals surface area (Å²) < 4.78 is 39.1. The summed E-state index contributed by atoms with van der Waals surface area (Å²) in [7, 11) is -3.10. The summed E-state index contributed by atoms with van der Waals surface area (Å²) in [5.74, 6) is -0.280. The van der Waals surface area contributed by atoms with Gasteiger partial charge in [-0.25, -0.2) is 27.5 Å². The molecule has 10 heteroatoms. The zero-order chi connectivity index (χ0) is 17.8. The first-order valence-electron chi connectivity index (χ1n) is 7.60. The average Bonchev–Trinajstić information content (AvgIpc) is 3.11. The van der Waals surface area contributed by atoms with Crippen LogP contribution in [0, 0.1) is 5.82 Å². The normalized spacial score (nSPS) is 19.5. The molecule has 0 saturated carbocycles. The standard InChI is InChI=1S/C15H15FN6O2S/c16-10-5-8(1-2-11(10)17)13-12-14(18)19-7-20-15(12)22(21-13)9-3-4-25(23,24)6-9/h1-2,5,7,9H,3-4,6,17H2,(H2,18,19,20). The quantitative estimate of drug-likeness (QED) is 0.654. The van der Waals surface area contributed by atoms with Crippen molar-refractivity contribution < 1.29 is 12.8 Å². The van der Waals surface area contributed by atoms with Crippen LogP contribution in [0.1, 0.15) is 12.5 Å². The third kappa shape index (κ3) is 2.58. The maximum atomic E-state index is 13.9. The number of fused-ring (bicyclic) bond motifs is 1. The first kappa shape index (κ1) is 15.8. The van der Waals surface area contributed by atoms with Crippen LogP contribution in [0.5, 0.6) is 0 Å². The van der Waals surface area contributed by atoms with Crippen molar-refractivity contribution in [1.82, 2.24) is 19.7 Å². The number of nitrogen functional groups attached to an aromatic ring is 2. The summed E-state index contributed by atoms with van der Waals surface area (Å²) in [5.41, 5.74) is 12.8. The summed E-state index contributed by atoms with van der Waals surface area (Å²) in [6, 6.07) is 3.99. The van der Waals surface area contributed by atoms with E-state index in [1.165, 1.54) is 18.5 Å². The number of nitrogens with two attached hydrogens (primary N) is 2. The molecule has 1 saturated heterocycles. The number of hydrogen-bond donors (Lipinski definition) is 2. The molecule has 8 nitrogen and oxygen atoms in total. The lowest BCUT2D eigenvalue weighted by atomic mass is 10.1. The second-order valence-corrected chi connectivity index (χ2v) is 8.27. The largest absolute Gasteiger partial charge is 0.396 e. The number of nitrogens with zero attached hydrogens (tertiary/aromatic N) is 4. The maximum Gasteiger partial charge on any atom is 0.164 e. The number of anilines is 2. The summed E-state index contributed by atoms with van der Waals surface area (Å²) >= 11 is 0. The van der Waals surface area contributed by atoms with Gasteiger partial charge in [0.25, 0.3) is 0 Å². The van der Waals surface area contributed by atoms with Crippen molar-refractivity contribution in [2.24, 2.45) is 0 Å². The van der Waals surface area contributed by atoms with Crippen LogP contribution in [0.3, 0.4) is 0 Å². The van der Waals surface area contributed by atoms with Crippen molar-refractivity contribution in [3.63, 3.8) is 0 Å². The zero-order valence-corrected chi connectivity index (χ0v) is 13.9. The van der Waals surface area contributed by atoms with E-state index in [0.29, 0.717) is 28.7 Å². The van der Waals surface area contributed by atoms with Crippen molar-refractivity contribution in [2.45, 2.75) is 12.5 Å². The molecule has 1 fully saturated rings. The molecule has 1 unspecified atom stereocenters. The Morgan fingerprint density at radius 2 is 2.04 bits per heavy atom. The number of rotatable bonds is 2. The van der Waals surface area contributed by atoms with E-state index in [1.807, 2.05) is 0 Å². The molecule has 3 heterocycles. The summed E-state index contributed by atoms with van der Waals surface area (Å²) in [5, 5.41) is 4.97. The van der Waals surface area contributed by atoms with Gasteiger partial charge in [-0.05, 0) is 18.6 Å².